The minimum absolute atomic E-state index is 0.803. The van der Waals surface area contributed by atoms with E-state index in [1.165, 1.54) is 37.2 Å². The third-order valence-electron chi connectivity index (χ3n) is 3.81. The molecule has 1 aliphatic carbocycles. The smallest absolute Gasteiger partial charge is 0.0399 e. The molecule has 1 fully saturated rings. The summed E-state index contributed by atoms with van der Waals surface area (Å²) in [7, 11) is 0. The van der Waals surface area contributed by atoms with Crippen LogP contribution < -0.4 is 10.6 Å². The maximum atomic E-state index is 5.67. The number of nitrogens with two attached hydrogens (primary N) is 1. The summed E-state index contributed by atoms with van der Waals surface area (Å²) < 4.78 is 0. The van der Waals surface area contributed by atoms with Gasteiger partial charge in [0.15, 0.2) is 0 Å². The van der Waals surface area contributed by atoms with Crippen molar-refractivity contribution in [3.63, 3.8) is 0 Å². The number of fused-ring (bicyclic) bond motifs is 1. The second kappa shape index (κ2) is 3.53. The highest BCUT2D eigenvalue weighted by Crippen LogP contribution is 2.40. The minimum atomic E-state index is 0.803. The Kier molecular flexibility index (Phi) is 2.17. The van der Waals surface area contributed by atoms with Crippen molar-refractivity contribution in [3.05, 3.63) is 29.8 Å². The predicted molar refractivity (Wildman–Crippen MR) is 63.0 cm³/mol. The van der Waals surface area contributed by atoms with Gasteiger partial charge < -0.3 is 10.6 Å². The third-order valence-corrected chi connectivity index (χ3v) is 3.81. The number of nitrogens with zero attached hydrogens (tertiary/aromatic N) is 1. The van der Waals surface area contributed by atoms with E-state index in [-0.39, 0.29) is 0 Å². The van der Waals surface area contributed by atoms with Gasteiger partial charge in [0.05, 0.1) is 0 Å². The van der Waals surface area contributed by atoms with Gasteiger partial charge in [-0.25, -0.2) is 0 Å². The summed E-state index contributed by atoms with van der Waals surface area (Å²) in [5.74, 6) is 1.67. The standard InChI is InChI=1S/C13H18N2/c14-8-11-7-12(11)9-15-6-5-10-3-1-2-4-13(10)15/h1-4,11-12H,5-9,14H2/t11-,12-/m0/s1. The molecule has 15 heavy (non-hydrogen) atoms. The molecule has 0 radical (unpaired) electrons. The Hall–Kier alpha value is -1.02. The van der Waals surface area contributed by atoms with Gasteiger partial charge in [0, 0.05) is 18.8 Å². The van der Waals surface area contributed by atoms with Gasteiger partial charge in [-0.15, -0.1) is 0 Å². The van der Waals surface area contributed by atoms with Crippen LogP contribution in [0.5, 0.6) is 0 Å². The Morgan fingerprint density at radius 1 is 1.27 bits per heavy atom. The normalized spacial score (nSPS) is 27.9. The van der Waals surface area contributed by atoms with E-state index < -0.39 is 0 Å². The second-order valence-electron chi connectivity index (χ2n) is 4.82. The molecule has 1 aromatic carbocycles. The van der Waals surface area contributed by atoms with E-state index in [1.807, 2.05) is 0 Å². The Morgan fingerprint density at radius 3 is 2.93 bits per heavy atom. The Labute approximate surface area is 91.1 Å². The van der Waals surface area contributed by atoms with E-state index in [0.717, 1.165) is 18.4 Å². The van der Waals surface area contributed by atoms with Crippen LogP contribution in [-0.2, 0) is 6.42 Å². The molecule has 2 aliphatic rings. The summed E-state index contributed by atoms with van der Waals surface area (Å²) in [6.07, 6.45) is 2.56. The highest BCUT2D eigenvalue weighted by atomic mass is 15.2. The van der Waals surface area contributed by atoms with Gasteiger partial charge in [0.25, 0.3) is 0 Å². The van der Waals surface area contributed by atoms with Gasteiger partial charge in [-0.3, -0.25) is 0 Å². The molecular formula is C13H18N2. The van der Waals surface area contributed by atoms with Crippen LogP contribution in [0, 0.1) is 11.8 Å². The van der Waals surface area contributed by atoms with Gasteiger partial charge in [-0.1, -0.05) is 18.2 Å². The Bertz CT molecular complexity index is 361. The zero-order valence-electron chi connectivity index (χ0n) is 9.02. The lowest BCUT2D eigenvalue weighted by molar-refractivity contribution is 0.675. The molecule has 0 saturated heterocycles. The topological polar surface area (TPSA) is 29.3 Å². The molecule has 3 rings (SSSR count). The van der Waals surface area contributed by atoms with E-state index in [4.69, 9.17) is 5.73 Å². The lowest BCUT2D eigenvalue weighted by Crippen LogP contribution is -2.24. The van der Waals surface area contributed by atoms with Crippen molar-refractivity contribution in [3.8, 4) is 0 Å². The average Bonchev–Trinajstić information content (AvgIpc) is 2.91. The van der Waals surface area contributed by atoms with Gasteiger partial charge in [-0.2, -0.15) is 0 Å². The summed E-state index contributed by atoms with van der Waals surface area (Å²) in [6.45, 7) is 3.30. The second-order valence-corrected chi connectivity index (χ2v) is 4.82. The fourth-order valence-corrected chi connectivity index (χ4v) is 2.70. The Balaban J connectivity index is 1.69. The number of benzene rings is 1. The van der Waals surface area contributed by atoms with Crippen molar-refractivity contribution in [2.24, 2.45) is 17.6 Å². The van der Waals surface area contributed by atoms with Gasteiger partial charge in [0.1, 0.15) is 0 Å². The van der Waals surface area contributed by atoms with Crippen molar-refractivity contribution in [2.45, 2.75) is 12.8 Å². The molecule has 2 N–H and O–H groups in total. The molecule has 1 aromatic rings. The molecule has 1 saturated carbocycles. The summed E-state index contributed by atoms with van der Waals surface area (Å²) in [5, 5.41) is 0. The zero-order valence-corrected chi connectivity index (χ0v) is 9.02. The fourth-order valence-electron chi connectivity index (χ4n) is 2.70. The first-order valence-corrected chi connectivity index (χ1v) is 5.91. The number of rotatable bonds is 3. The number of para-hydroxylation sites is 1. The molecule has 80 valence electrons. The molecule has 2 nitrogen and oxygen atoms in total. The van der Waals surface area contributed by atoms with Crippen molar-refractivity contribution in [2.75, 3.05) is 24.5 Å². The van der Waals surface area contributed by atoms with Crippen LogP contribution in [0.15, 0.2) is 24.3 Å². The Morgan fingerprint density at radius 2 is 2.13 bits per heavy atom. The molecule has 0 aromatic heterocycles. The van der Waals surface area contributed by atoms with Crippen LogP contribution in [-0.4, -0.2) is 19.6 Å². The summed E-state index contributed by atoms with van der Waals surface area (Å²) in [4.78, 5) is 2.54. The molecule has 0 unspecified atom stereocenters. The highest BCUT2D eigenvalue weighted by molar-refractivity contribution is 5.57. The van der Waals surface area contributed by atoms with E-state index in [2.05, 4.69) is 29.2 Å². The maximum Gasteiger partial charge on any atom is 0.0399 e. The van der Waals surface area contributed by atoms with Crippen LogP contribution in [0.2, 0.25) is 0 Å². The fraction of sp³-hybridized carbons (Fsp3) is 0.538. The van der Waals surface area contributed by atoms with Gasteiger partial charge in [-0.05, 0) is 42.9 Å². The van der Waals surface area contributed by atoms with Crippen LogP contribution in [0.3, 0.4) is 0 Å². The molecule has 0 spiro atoms. The summed E-state index contributed by atoms with van der Waals surface area (Å²) in [6, 6.07) is 8.79. The van der Waals surface area contributed by atoms with E-state index in [1.54, 1.807) is 0 Å². The lowest BCUT2D eigenvalue weighted by Gasteiger charge is -2.19. The molecule has 0 amide bonds. The first kappa shape index (κ1) is 9.22. The number of hydrogen-bond acceptors (Lipinski definition) is 2. The monoisotopic (exact) mass is 202 g/mol. The molecule has 2 heteroatoms. The molecule has 1 aliphatic heterocycles. The predicted octanol–water partition coefficient (Wildman–Crippen LogP) is 1.64. The average molecular weight is 202 g/mol. The quantitative estimate of drug-likeness (QED) is 0.807. The zero-order chi connectivity index (χ0) is 10.3. The maximum absolute atomic E-state index is 5.67. The summed E-state index contributed by atoms with van der Waals surface area (Å²) >= 11 is 0. The summed E-state index contributed by atoms with van der Waals surface area (Å²) in [5.41, 5.74) is 8.65. The van der Waals surface area contributed by atoms with Crippen LogP contribution >= 0.6 is 0 Å². The minimum Gasteiger partial charge on any atom is -0.371 e. The van der Waals surface area contributed by atoms with Crippen molar-refractivity contribution < 1.29 is 0 Å². The van der Waals surface area contributed by atoms with E-state index >= 15 is 0 Å². The first-order valence-electron chi connectivity index (χ1n) is 5.91. The van der Waals surface area contributed by atoms with E-state index in [9.17, 15) is 0 Å². The molecule has 0 bridgehead atoms. The highest BCUT2D eigenvalue weighted by Gasteiger charge is 2.37. The van der Waals surface area contributed by atoms with Gasteiger partial charge >= 0.3 is 0 Å². The first-order chi connectivity index (χ1) is 7.38. The molecular weight excluding hydrogens is 184 g/mol. The largest absolute Gasteiger partial charge is 0.371 e. The molecule has 1 heterocycles. The third kappa shape index (κ3) is 1.63. The van der Waals surface area contributed by atoms with Crippen LogP contribution in [0.4, 0.5) is 5.69 Å². The van der Waals surface area contributed by atoms with Crippen molar-refractivity contribution in [1.82, 2.24) is 0 Å². The molecule has 2 atom stereocenters. The number of anilines is 1. The van der Waals surface area contributed by atoms with Crippen LogP contribution in [0.1, 0.15) is 12.0 Å². The lowest BCUT2D eigenvalue weighted by atomic mass is 10.2. The van der Waals surface area contributed by atoms with Crippen molar-refractivity contribution in [1.29, 1.82) is 0 Å². The van der Waals surface area contributed by atoms with Crippen LogP contribution in [0.25, 0.3) is 0 Å². The van der Waals surface area contributed by atoms with Gasteiger partial charge in [0.2, 0.25) is 0 Å². The van der Waals surface area contributed by atoms with Crippen molar-refractivity contribution >= 4 is 5.69 Å². The number of hydrogen-bond donors (Lipinski definition) is 1. The SMILES string of the molecule is NC[C@@H]1C[C@H]1CN1CCc2ccccc21. The van der Waals surface area contributed by atoms with E-state index in [0.29, 0.717) is 0 Å².